The lowest BCUT2D eigenvalue weighted by Crippen LogP contribution is -2.35. The molecule has 4 nitrogen and oxygen atoms in total. The Hall–Kier alpha value is -2.54. The molecule has 0 saturated carbocycles. The van der Waals surface area contributed by atoms with Crippen molar-refractivity contribution in [1.29, 1.82) is 5.26 Å². The van der Waals surface area contributed by atoms with Gasteiger partial charge in [-0.05, 0) is 57.4 Å². The van der Waals surface area contributed by atoms with Gasteiger partial charge in [0.1, 0.15) is 5.60 Å². The van der Waals surface area contributed by atoms with Crippen LogP contribution in [0.5, 0.6) is 0 Å². The highest BCUT2D eigenvalue weighted by atomic mass is 16.6. The van der Waals surface area contributed by atoms with Crippen LogP contribution in [0.25, 0.3) is 0 Å². The molecule has 0 aliphatic carbocycles. The van der Waals surface area contributed by atoms with Gasteiger partial charge in [0.25, 0.3) is 0 Å². The molecule has 1 unspecified atom stereocenters. The first-order valence-electron chi connectivity index (χ1n) is 11.1. The maximum atomic E-state index is 13.5. The zero-order valence-electron chi connectivity index (χ0n) is 20.6. The minimum absolute atomic E-state index is 0.00534. The van der Waals surface area contributed by atoms with Crippen LogP contribution in [0.4, 0.5) is 0 Å². The van der Waals surface area contributed by atoms with Crippen molar-refractivity contribution < 1.29 is 9.53 Å². The molecule has 1 N–H and O–H groups in total. The molecule has 4 heteroatoms. The Kier molecular flexibility index (Phi) is 7.42. The number of dihydropyridines is 1. The number of nitrogens with zero attached hydrogens (tertiary/aromatic N) is 1. The maximum Gasteiger partial charge on any atom is 0.337 e. The number of carbonyl (C=O) groups excluding carboxylic acids is 1. The van der Waals surface area contributed by atoms with Crippen molar-refractivity contribution in [1.82, 2.24) is 5.32 Å². The first kappa shape index (κ1) is 24.7. The Balaban J connectivity index is 2.76. The minimum Gasteiger partial charge on any atom is -0.457 e. The molecule has 1 atom stereocenters. The van der Waals surface area contributed by atoms with Crippen LogP contribution in [0.3, 0.4) is 0 Å². The summed E-state index contributed by atoms with van der Waals surface area (Å²) in [6, 6.07) is 10.5. The molecule has 1 aromatic rings. The predicted octanol–water partition coefficient (Wildman–Crippen LogP) is 6.54. The van der Waals surface area contributed by atoms with Crippen LogP contribution in [0, 0.1) is 29.6 Å². The van der Waals surface area contributed by atoms with Crippen molar-refractivity contribution in [3.8, 4) is 6.07 Å². The fraction of sp³-hybridized carbons (Fsp3) is 0.556. The zero-order chi connectivity index (χ0) is 23.6. The van der Waals surface area contributed by atoms with Crippen LogP contribution in [-0.4, -0.2) is 11.6 Å². The molecule has 0 spiro atoms. The van der Waals surface area contributed by atoms with E-state index < -0.39 is 11.5 Å². The lowest BCUT2D eigenvalue weighted by atomic mass is 9.77. The smallest absolute Gasteiger partial charge is 0.337 e. The van der Waals surface area contributed by atoms with E-state index in [0.29, 0.717) is 23.5 Å². The molecule has 1 heterocycles. The summed E-state index contributed by atoms with van der Waals surface area (Å²) < 4.78 is 5.82. The number of nitriles is 1. The molecule has 0 saturated heterocycles. The normalized spacial score (nSPS) is 17.5. The third-order valence-electron chi connectivity index (χ3n) is 5.00. The molecule has 1 aliphatic rings. The van der Waals surface area contributed by atoms with E-state index in [2.05, 4.69) is 46.0 Å². The molecule has 0 bridgehead atoms. The van der Waals surface area contributed by atoms with Gasteiger partial charge in [-0.15, -0.1) is 0 Å². The number of carbonyl (C=O) groups is 1. The van der Waals surface area contributed by atoms with Crippen molar-refractivity contribution in [2.75, 3.05) is 0 Å². The first-order valence-corrected chi connectivity index (χ1v) is 11.1. The largest absolute Gasteiger partial charge is 0.457 e. The van der Waals surface area contributed by atoms with Gasteiger partial charge in [0.05, 0.1) is 23.1 Å². The monoisotopic (exact) mass is 422 g/mol. The first-order chi connectivity index (χ1) is 14.2. The van der Waals surface area contributed by atoms with Gasteiger partial charge in [-0.25, -0.2) is 4.79 Å². The van der Waals surface area contributed by atoms with E-state index in [1.165, 1.54) is 0 Å². The molecular formula is C27H38N2O2. The predicted molar refractivity (Wildman–Crippen MR) is 126 cm³/mol. The molecule has 0 amide bonds. The summed E-state index contributed by atoms with van der Waals surface area (Å²) >= 11 is 0. The van der Waals surface area contributed by atoms with Crippen LogP contribution in [0.2, 0.25) is 0 Å². The summed E-state index contributed by atoms with van der Waals surface area (Å²) in [6.07, 6.45) is 1.44. The van der Waals surface area contributed by atoms with Gasteiger partial charge in [0, 0.05) is 11.4 Å². The highest BCUT2D eigenvalue weighted by molar-refractivity contribution is 5.93. The fourth-order valence-electron chi connectivity index (χ4n) is 3.85. The number of nitrogens with one attached hydrogen (secondary N) is 1. The Labute approximate surface area is 188 Å². The van der Waals surface area contributed by atoms with E-state index in [0.717, 1.165) is 28.9 Å². The van der Waals surface area contributed by atoms with E-state index in [1.54, 1.807) is 0 Å². The van der Waals surface area contributed by atoms with Crippen LogP contribution in [0.15, 0.2) is 46.8 Å². The molecule has 1 aliphatic heterocycles. The van der Waals surface area contributed by atoms with Gasteiger partial charge in [0.15, 0.2) is 0 Å². The SMILES string of the molecule is Cc1ccc(C2C(C#N)=C(CC(C)(C)C)NC(CC(C)C)=C2C(=O)OC(C)(C)C)cc1. The van der Waals surface area contributed by atoms with Gasteiger partial charge < -0.3 is 10.1 Å². The molecular weight excluding hydrogens is 384 g/mol. The van der Waals surface area contributed by atoms with Crippen LogP contribution >= 0.6 is 0 Å². The molecule has 2 rings (SSSR count). The number of hydrogen-bond acceptors (Lipinski definition) is 4. The van der Waals surface area contributed by atoms with Gasteiger partial charge in [0.2, 0.25) is 0 Å². The van der Waals surface area contributed by atoms with Gasteiger partial charge in [-0.3, -0.25) is 0 Å². The summed E-state index contributed by atoms with van der Waals surface area (Å²) in [6.45, 7) is 18.4. The second kappa shape index (κ2) is 9.30. The molecule has 31 heavy (non-hydrogen) atoms. The number of aryl methyl sites for hydroxylation is 1. The quantitative estimate of drug-likeness (QED) is 0.547. The maximum absolute atomic E-state index is 13.5. The molecule has 1 aromatic carbocycles. The van der Waals surface area contributed by atoms with Gasteiger partial charge >= 0.3 is 5.97 Å². The Morgan fingerprint density at radius 2 is 1.68 bits per heavy atom. The Morgan fingerprint density at radius 1 is 1.10 bits per heavy atom. The van der Waals surface area contributed by atoms with Crippen LogP contribution in [-0.2, 0) is 9.53 Å². The Bertz CT molecular complexity index is 914. The highest BCUT2D eigenvalue weighted by Crippen LogP contribution is 2.42. The standard InChI is InChI=1S/C27H38N2O2/c1-17(2)14-21-24(25(30)31-27(7,8)9)23(19-12-10-18(3)11-13-19)20(16-28)22(29-21)15-26(4,5)6/h10-13,17,23,29H,14-15H2,1-9H3. The zero-order valence-corrected chi connectivity index (χ0v) is 20.6. The van der Waals surface area contributed by atoms with E-state index in [-0.39, 0.29) is 11.4 Å². The van der Waals surface area contributed by atoms with E-state index in [1.807, 2.05) is 52.0 Å². The average molecular weight is 423 g/mol. The number of ether oxygens (including phenoxy) is 1. The average Bonchev–Trinajstić information content (AvgIpc) is 2.58. The summed E-state index contributed by atoms with van der Waals surface area (Å²) in [4.78, 5) is 13.5. The molecule has 168 valence electrons. The molecule has 0 fully saturated rings. The topological polar surface area (TPSA) is 62.1 Å². The van der Waals surface area contributed by atoms with Crippen molar-refractivity contribution in [2.45, 2.75) is 86.7 Å². The minimum atomic E-state index is -0.618. The summed E-state index contributed by atoms with van der Waals surface area (Å²) in [5.41, 5.74) is 4.39. The number of esters is 1. The third kappa shape index (κ3) is 6.72. The molecule has 0 radical (unpaired) electrons. The van der Waals surface area contributed by atoms with Crippen molar-refractivity contribution in [2.24, 2.45) is 11.3 Å². The second-order valence-electron chi connectivity index (χ2n) is 11.2. The van der Waals surface area contributed by atoms with E-state index in [9.17, 15) is 10.1 Å². The summed E-state index contributed by atoms with van der Waals surface area (Å²) in [5, 5.41) is 13.7. The van der Waals surface area contributed by atoms with E-state index >= 15 is 0 Å². The van der Waals surface area contributed by atoms with Gasteiger partial charge in [-0.2, -0.15) is 5.26 Å². The lowest BCUT2D eigenvalue weighted by Gasteiger charge is -2.35. The van der Waals surface area contributed by atoms with Crippen LogP contribution < -0.4 is 5.32 Å². The van der Waals surface area contributed by atoms with Crippen molar-refractivity contribution in [3.63, 3.8) is 0 Å². The second-order valence-corrected chi connectivity index (χ2v) is 11.2. The number of rotatable bonds is 5. The summed E-state index contributed by atoms with van der Waals surface area (Å²) in [5.74, 6) is -0.449. The van der Waals surface area contributed by atoms with E-state index in [4.69, 9.17) is 4.74 Å². The molecule has 0 aromatic heterocycles. The van der Waals surface area contributed by atoms with Crippen LogP contribution in [0.1, 0.15) is 85.3 Å². The lowest BCUT2D eigenvalue weighted by molar-refractivity contribution is -0.150. The Morgan fingerprint density at radius 3 is 2.13 bits per heavy atom. The third-order valence-corrected chi connectivity index (χ3v) is 5.00. The number of hydrogen-bond donors (Lipinski definition) is 1. The van der Waals surface area contributed by atoms with Crippen molar-refractivity contribution in [3.05, 3.63) is 57.9 Å². The van der Waals surface area contributed by atoms with Crippen molar-refractivity contribution >= 4 is 5.97 Å². The number of benzene rings is 1. The summed E-state index contributed by atoms with van der Waals surface area (Å²) in [7, 11) is 0. The fourth-order valence-corrected chi connectivity index (χ4v) is 3.85. The van der Waals surface area contributed by atoms with Gasteiger partial charge in [-0.1, -0.05) is 64.4 Å². The number of allylic oxidation sites excluding steroid dienone is 3. The highest BCUT2D eigenvalue weighted by Gasteiger charge is 2.38.